The molecule has 1 aliphatic heterocycles. The summed E-state index contributed by atoms with van der Waals surface area (Å²) in [5, 5.41) is 0. The van der Waals surface area contributed by atoms with Crippen LogP contribution in [0.1, 0.15) is 20.8 Å². The predicted molar refractivity (Wildman–Crippen MR) is 50.1 cm³/mol. The van der Waals surface area contributed by atoms with Gasteiger partial charge < -0.3 is 0 Å². The van der Waals surface area contributed by atoms with Crippen LogP contribution in [0.25, 0.3) is 0 Å². The molecule has 0 N–H and O–H groups in total. The Morgan fingerprint density at radius 1 is 1.50 bits per heavy atom. The molecule has 4 heteroatoms. The SMILES string of the molecule is CC(C)(C)OC(=O)N1CC([AsH2])C1. The molecule has 1 fully saturated rings. The van der Waals surface area contributed by atoms with Gasteiger partial charge in [-0.05, 0) is 0 Å². The van der Waals surface area contributed by atoms with Crippen molar-refractivity contribution < 1.29 is 9.53 Å². The van der Waals surface area contributed by atoms with Crippen LogP contribution in [0, 0.1) is 0 Å². The van der Waals surface area contributed by atoms with Gasteiger partial charge in [0.2, 0.25) is 0 Å². The normalized spacial score (nSPS) is 18.8. The molecule has 0 spiro atoms. The molecule has 1 unspecified atom stereocenters. The predicted octanol–water partition coefficient (Wildman–Crippen LogP) is 0.659. The standard InChI is InChI=1S/C8H16AsNO2/c1-8(2,3)12-7(11)10-4-6(9)5-10/h6H,4-5,9H2,1-3H3. The number of rotatable bonds is 0. The van der Waals surface area contributed by atoms with Crippen LogP contribution in [0.3, 0.4) is 0 Å². The summed E-state index contributed by atoms with van der Waals surface area (Å²) in [5.74, 6) is 0. The molecule has 1 saturated heterocycles. The molecule has 0 radical (unpaired) electrons. The maximum absolute atomic E-state index is 11.3. The van der Waals surface area contributed by atoms with Gasteiger partial charge in [-0.15, -0.1) is 0 Å². The summed E-state index contributed by atoms with van der Waals surface area (Å²) in [5.41, 5.74) is -0.360. The van der Waals surface area contributed by atoms with Gasteiger partial charge in [0.05, 0.1) is 0 Å². The second kappa shape index (κ2) is 3.29. The summed E-state index contributed by atoms with van der Waals surface area (Å²) in [7, 11) is 0. The van der Waals surface area contributed by atoms with Crippen molar-refractivity contribution in [2.45, 2.75) is 31.1 Å². The average molecular weight is 233 g/mol. The topological polar surface area (TPSA) is 29.5 Å². The molecule has 0 aliphatic carbocycles. The quantitative estimate of drug-likeness (QED) is 0.575. The van der Waals surface area contributed by atoms with Crippen LogP contribution in [0.5, 0.6) is 0 Å². The van der Waals surface area contributed by atoms with Crippen LogP contribution in [0.4, 0.5) is 4.79 Å². The third-order valence-corrected chi connectivity index (χ3v) is 2.45. The molecule has 1 aliphatic rings. The van der Waals surface area contributed by atoms with E-state index in [2.05, 4.69) is 0 Å². The Morgan fingerprint density at radius 2 is 2.00 bits per heavy atom. The van der Waals surface area contributed by atoms with Gasteiger partial charge in [-0.1, -0.05) is 0 Å². The van der Waals surface area contributed by atoms with Gasteiger partial charge in [0, 0.05) is 0 Å². The van der Waals surface area contributed by atoms with Crippen LogP contribution in [-0.2, 0) is 4.74 Å². The molecule has 1 heterocycles. The summed E-state index contributed by atoms with van der Waals surface area (Å²) in [6.07, 6.45) is -0.170. The second-order valence-electron chi connectivity index (χ2n) is 4.15. The van der Waals surface area contributed by atoms with Gasteiger partial charge in [-0.3, -0.25) is 0 Å². The summed E-state index contributed by atoms with van der Waals surface area (Å²) < 4.78 is 5.88. The van der Waals surface area contributed by atoms with E-state index >= 15 is 0 Å². The molecule has 1 atom stereocenters. The Hall–Kier alpha value is -0.172. The molecule has 12 heavy (non-hydrogen) atoms. The zero-order valence-corrected chi connectivity index (χ0v) is 10.3. The summed E-state index contributed by atoms with van der Waals surface area (Å²) >= 11 is 1.70. The van der Waals surface area contributed by atoms with E-state index in [1.807, 2.05) is 20.8 Å². The molecule has 0 aromatic rings. The molecule has 0 saturated carbocycles. The van der Waals surface area contributed by atoms with E-state index in [9.17, 15) is 4.79 Å². The third-order valence-electron chi connectivity index (χ3n) is 1.56. The molecule has 0 aromatic carbocycles. The number of carbonyl (C=O) groups excluding carboxylic acids is 1. The van der Waals surface area contributed by atoms with E-state index < -0.39 is 0 Å². The number of hydrogen-bond acceptors (Lipinski definition) is 2. The monoisotopic (exact) mass is 233 g/mol. The van der Waals surface area contributed by atoms with Crippen molar-refractivity contribution in [3.05, 3.63) is 0 Å². The minimum atomic E-state index is -0.360. The minimum absolute atomic E-state index is 0.170. The Kier molecular flexibility index (Phi) is 2.72. The fraction of sp³-hybridized carbons (Fsp3) is 0.875. The Labute approximate surface area is 81.9 Å². The number of ether oxygens (including phenoxy) is 1. The van der Waals surface area contributed by atoms with Crippen molar-refractivity contribution in [2.75, 3.05) is 13.1 Å². The molecule has 70 valence electrons. The first-order valence-corrected chi connectivity index (χ1v) is 5.52. The van der Waals surface area contributed by atoms with Crippen molar-refractivity contribution in [1.29, 1.82) is 0 Å². The number of amides is 1. The summed E-state index contributed by atoms with van der Waals surface area (Å²) in [6.45, 7) is 7.40. The van der Waals surface area contributed by atoms with Crippen LogP contribution >= 0.6 is 0 Å². The van der Waals surface area contributed by atoms with E-state index in [0.717, 1.165) is 13.1 Å². The third kappa shape index (κ3) is 2.70. The Bertz CT molecular complexity index is 182. The van der Waals surface area contributed by atoms with Crippen LogP contribution in [-0.4, -0.2) is 46.5 Å². The molecule has 3 nitrogen and oxygen atoms in total. The van der Waals surface area contributed by atoms with E-state index in [1.54, 1.807) is 21.8 Å². The Morgan fingerprint density at radius 3 is 2.33 bits per heavy atom. The first kappa shape index (κ1) is 9.91. The van der Waals surface area contributed by atoms with Crippen LogP contribution in [0.15, 0.2) is 0 Å². The van der Waals surface area contributed by atoms with Crippen LogP contribution in [0.2, 0.25) is 4.71 Å². The van der Waals surface area contributed by atoms with E-state index in [4.69, 9.17) is 4.74 Å². The zero-order valence-electron chi connectivity index (χ0n) is 7.83. The van der Waals surface area contributed by atoms with Crippen molar-refractivity contribution in [2.24, 2.45) is 0 Å². The number of hydrogen-bond donors (Lipinski definition) is 0. The van der Waals surface area contributed by atoms with Gasteiger partial charge in [-0.25, -0.2) is 0 Å². The van der Waals surface area contributed by atoms with E-state index in [1.165, 1.54) is 0 Å². The van der Waals surface area contributed by atoms with Crippen LogP contribution < -0.4 is 0 Å². The molecular formula is C8H16AsNO2. The fourth-order valence-electron chi connectivity index (χ4n) is 0.988. The first-order chi connectivity index (χ1) is 5.38. The molecular weight excluding hydrogens is 217 g/mol. The fourth-order valence-corrected chi connectivity index (χ4v) is 2.06. The van der Waals surface area contributed by atoms with Gasteiger partial charge in [0.15, 0.2) is 0 Å². The Balaban J connectivity index is 2.30. The van der Waals surface area contributed by atoms with Crippen molar-refractivity contribution >= 4 is 22.9 Å². The summed E-state index contributed by atoms with van der Waals surface area (Å²) in [4.78, 5) is 13.0. The number of carbonyl (C=O) groups is 1. The van der Waals surface area contributed by atoms with Gasteiger partial charge in [0.25, 0.3) is 0 Å². The molecule has 0 aromatic heterocycles. The van der Waals surface area contributed by atoms with E-state index in [-0.39, 0.29) is 11.7 Å². The van der Waals surface area contributed by atoms with Gasteiger partial charge >= 0.3 is 81.5 Å². The molecule has 1 amide bonds. The summed E-state index contributed by atoms with van der Waals surface area (Å²) in [6, 6.07) is 0. The van der Waals surface area contributed by atoms with E-state index in [0.29, 0.717) is 4.71 Å². The number of nitrogens with zero attached hydrogens (tertiary/aromatic N) is 1. The molecule has 1 rings (SSSR count). The number of likely N-dealkylation sites (tertiary alicyclic amines) is 1. The van der Waals surface area contributed by atoms with Gasteiger partial charge in [-0.2, -0.15) is 0 Å². The van der Waals surface area contributed by atoms with Gasteiger partial charge in [0.1, 0.15) is 0 Å². The average Bonchev–Trinajstić information content (AvgIpc) is 1.76. The molecule has 0 bridgehead atoms. The zero-order chi connectivity index (χ0) is 9.35. The first-order valence-electron chi connectivity index (χ1n) is 4.12. The van der Waals surface area contributed by atoms with Crippen molar-refractivity contribution in [3.63, 3.8) is 0 Å². The van der Waals surface area contributed by atoms with Crippen molar-refractivity contribution in [1.82, 2.24) is 4.90 Å². The maximum atomic E-state index is 11.3. The van der Waals surface area contributed by atoms with Crippen molar-refractivity contribution in [3.8, 4) is 0 Å². The second-order valence-corrected chi connectivity index (χ2v) is 6.12.